The summed E-state index contributed by atoms with van der Waals surface area (Å²) in [4.78, 5) is 23.7. The maximum absolute atomic E-state index is 14.1. The van der Waals surface area contributed by atoms with Crippen LogP contribution in [0, 0.1) is 5.41 Å². The molecule has 0 fully saturated rings. The van der Waals surface area contributed by atoms with Crippen molar-refractivity contribution in [1.29, 1.82) is 0 Å². The van der Waals surface area contributed by atoms with Gasteiger partial charge in [-0.1, -0.05) is 27.2 Å². The topological polar surface area (TPSA) is 52.6 Å². The van der Waals surface area contributed by atoms with Crippen molar-refractivity contribution in [3.8, 4) is 0 Å². The molecule has 148 valence electrons. The van der Waals surface area contributed by atoms with Crippen molar-refractivity contribution in [3.63, 3.8) is 0 Å². The van der Waals surface area contributed by atoms with Crippen LogP contribution in [0.2, 0.25) is 0 Å². The van der Waals surface area contributed by atoms with Crippen molar-refractivity contribution >= 4 is 11.9 Å². The van der Waals surface area contributed by atoms with Crippen molar-refractivity contribution in [2.45, 2.75) is 78.0 Å². The molecule has 0 aromatic heterocycles. The van der Waals surface area contributed by atoms with Crippen LogP contribution < -0.4 is 0 Å². The number of alkyl halides is 5. The minimum atomic E-state index is -4.63. The first-order chi connectivity index (χ1) is 11.3. The van der Waals surface area contributed by atoms with Gasteiger partial charge in [0.05, 0.1) is 11.8 Å². The summed E-state index contributed by atoms with van der Waals surface area (Å²) < 4.78 is 73.0. The maximum Gasteiger partial charge on any atom is 0.392 e. The second-order valence-corrected chi connectivity index (χ2v) is 6.09. The Labute approximate surface area is 144 Å². The molecule has 0 saturated carbocycles. The number of carbonyl (C=O) groups is 2. The van der Waals surface area contributed by atoms with Gasteiger partial charge in [-0.15, -0.1) is 0 Å². The van der Waals surface area contributed by atoms with Gasteiger partial charge < -0.3 is 9.47 Å². The van der Waals surface area contributed by atoms with Crippen molar-refractivity contribution in [2.24, 2.45) is 5.41 Å². The van der Waals surface area contributed by atoms with E-state index in [0.29, 0.717) is 19.3 Å². The Morgan fingerprint density at radius 3 is 1.92 bits per heavy atom. The molecule has 2 unspecified atom stereocenters. The Kier molecular flexibility index (Phi) is 8.81. The summed E-state index contributed by atoms with van der Waals surface area (Å²) in [5.41, 5.74) is -0.974. The van der Waals surface area contributed by atoms with E-state index < -0.39 is 48.6 Å². The molecule has 0 saturated heterocycles. The highest BCUT2D eigenvalue weighted by Crippen LogP contribution is 2.33. The lowest BCUT2D eigenvalue weighted by atomic mass is 9.83. The third kappa shape index (κ3) is 7.15. The van der Waals surface area contributed by atoms with E-state index >= 15 is 0 Å². The fourth-order valence-corrected chi connectivity index (χ4v) is 2.15. The predicted octanol–water partition coefficient (Wildman–Crippen LogP) is 4.66. The second-order valence-electron chi connectivity index (χ2n) is 6.09. The number of hydrogen-bond acceptors (Lipinski definition) is 4. The van der Waals surface area contributed by atoms with Gasteiger partial charge in [0.15, 0.2) is 6.10 Å². The SMILES string of the molecule is CCCC(C)(CC)C(=O)OC(CC)C(F)(F)C(=O)OCCC(F)(F)F. The van der Waals surface area contributed by atoms with Crippen LogP contribution in [-0.4, -0.2) is 36.7 Å². The van der Waals surface area contributed by atoms with Crippen molar-refractivity contribution < 1.29 is 41.0 Å². The van der Waals surface area contributed by atoms with E-state index in [1.807, 2.05) is 6.92 Å². The largest absolute Gasteiger partial charge is 0.461 e. The highest BCUT2D eigenvalue weighted by Gasteiger charge is 2.52. The summed E-state index contributed by atoms with van der Waals surface area (Å²) in [7, 11) is 0. The van der Waals surface area contributed by atoms with E-state index in [-0.39, 0.29) is 6.42 Å². The molecule has 9 heteroatoms. The molecule has 0 heterocycles. The Hall–Kier alpha value is -1.41. The summed E-state index contributed by atoms with van der Waals surface area (Å²) in [5, 5.41) is 0. The van der Waals surface area contributed by atoms with Crippen LogP contribution in [-0.2, 0) is 19.1 Å². The average Bonchev–Trinajstić information content (AvgIpc) is 2.50. The van der Waals surface area contributed by atoms with Crippen molar-refractivity contribution in [2.75, 3.05) is 6.61 Å². The molecule has 0 spiro atoms. The fourth-order valence-electron chi connectivity index (χ4n) is 2.15. The molecule has 0 aliphatic heterocycles. The summed E-state index contributed by atoms with van der Waals surface area (Å²) in [6.07, 6.45) is -7.24. The van der Waals surface area contributed by atoms with Gasteiger partial charge in [0.2, 0.25) is 0 Å². The molecule has 0 rings (SSSR count). The monoisotopic (exact) mass is 376 g/mol. The van der Waals surface area contributed by atoms with E-state index in [1.54, 1.807) is 13.8 Å². The molecule has 0 bridgehead atoms. The third-order valence-electron chi connectivity index (χ3n) is 3.99. The first-order valence-electron chi connectivity index (χ1n) is 8.16. The quantitative estimate of drug-likeness (QED) is 0.411. The van der Waals surface area contributed by atoms with Gasteiger partial charge in [0, 0.05) is 0 Å². The van der Waals surface area contributed by atoms with Crippen LogP contribution in [0.5, 0.6) is 0 Å². The molecule has 0 aliphatic rings. The first-order valence-corrected chi connectivity index (χ1v) is 8.16. The van der Waals surface area contributed by atoms with Crippen LogP contribution in [0.15, 0.2) is 0 Å². The van der Waals surface area contributed by atoms with Crippen LogP contribution in [0.25, 0.3) is 0 Å². The lowest BCUT2D eigenvalue weighted by Crippen LogP contribution is -2.47. The van der Waals surface area contributed by atoms with E-state index in [0.717, 1.165) is 0 Å². The third-order valence-corrected chi connectivity index (χ3v) is 3.99. The van der Waals surface area contributed by atoms with E-state index in [1.165, 1.54) is 6.92 Å². The Morgan fingerprint density at radius 2 is 1.52 bits per heavy atom. The molecule has 0 radical (unpaired) electrons. The van der Waals surface area contributed by atoms with E-state index in [2.05, 4.69) is 4.74 Å². The zero-order valence-corrected chi connectivity index (χ0v) is 14.8. The number of hydrogen-bond donors (Lipinski definition) is 0. The maximum atomic E-state index is 14.1. The number of carbonyl (C=O) groups excluding carboxylic acids is 2. The number of ether oxygens (including phenoxy) is 2. The van der Waals surface area contributed by atoms with Gasteiger partial charge in [-0.3, -0.25) is 4.79 Å². The van der Waals surface area contributed by atoms with Gasteiger partial charge >= 0.3 is 24.0 Å². The molecule has 0 N–H and O–H groups in total. The average molecular weight is 376 g/mol. The molecule has 25 heavy (non-hydrogen) atoms. The highest BCUT2D eigenvalue weighted by atomic mass is 19.4. The van der Waals surface area contributed by atoms with Gasteiger partial charge in [-0.2, -0.15) is 22.0 Å². The Balaban J connectivity index is 4.99. The molecular formula is C16H25F5O4. The zero-order chi connectivity index (χ0) is 19.9. The van der Waals surface area contributed by atoms with Gasteiger partial charge in [0.1, 0.15) is 6.61 Å². The molecule has 0 aromatic rings. The summed E-state index contributed by atoms with van der Waals surface area (Å²) >= 11 is 0. The molecule has 0 aliphatic carbocycles. The smallest absolute Gasteiger partial charge is 0.392 e. The number of rotatable bonds is 10. The Morgan fingerprint density at radius 1 is 0.960 bits per heavy atom. The van der Waals surface area contributed by atoms with Crippen molar-refractivity contribution in [3.05, 3.63) is 0 Å². The second kappa shape index (κ2) is 9.33. The van der Waals surface area contributed by atoms with Crippen LogP contribution >= 0.6 is 0 Å². The van der Waals surface area contributed by atoms with Crippen LogP contribution in [0.4, 0.5) is 22.0 Å². The summed E-state index contributed by atoms with van der Waals surface area (Å²) in [6.45, 7) is 5.17. The number of esters is 2. The predicted molar refractivity (Wildman–Crippen MR) is 80.1 cm³/mol. The molecule has 0 amide bonds. The molecule has 0 aromatic carbocycles. The van der Waals surface area contributed by atoms with Crippen LogP contribution in [0.1, 0.15) is 59.8 Å². The first kappa shape index (κ1) is 23.6. The zero-order valence-electron chi connectivity index (χ0n) is 14.8. The van der Waals surface area contributed by atoms with E-state index in [9.17, 15) is 31.5 Å². The minimum Gasteiger partial charge on any atom is -0.461 e. The highest BCUT2D eigenvalue weighted by molar-refractivity contribution is 5.80. The molecule has 4 nitrogen and oxygen atoms in total. The van der Waals surface area contributed by atoms with Gasteiger partial charge in [-0.25, -0.2) is 4.79 Å². The van der Waals surface area contributed by atoms with Crippen molar-refractivity contribution in [1.82, 2.24) is 0 Å². The van der Waals surface area contributed by atoms with E-state index in [4.69, 9.17) is 4.74 Å². The molecular weight excluding hydrogens is 351 g/mol. The van der Waals surface area contributed by atoms with Crippen LogP contribution in [0.3, 0.4) is 0 Å². The van der Waals surface area contributed by atoms with Gasteiger partial charge in [-0.05, 0) is 26.2 Å². The fraction of sp³-hybridized carbons (Fsp3) is 0.875. The van der Waals surface area contributed by atoms with Gasteiger partial charge in [0.25, 0.3) is 0 Å². The number of halogens is 5. The lowest BCUT2D eigenvalue weighted by molar-refractivity contribution is -0.205. The molecule has 2 atom stereocenters. The summed E-state index contributed by atoms with van der Waals surface area (Å²) in [6, 6.07) is 0. The Bertz CT molecular complexity index is 450. The summed E-state index contributed by atoms with van der Waals surface area (Å²) in [5.74, 6) is -7.23. The lowest BCUT2D eigenvalue weighted by Gasteiger charge is -2.30. The normalized spacial score (nSPS) is 16.0. The minimum absolute atomic E-state index is 0.359. The standard InChI is InChI=1S/C16H25F5O4/c1-5-8-14(4,7-3)12(22)25-11(6-2)16(20,21)13(23)24-10-9-15(17,18)19/h11H,5-10H2,1-4H3.